The van der Waals surface area contributed by atoms with Crippen LogP contribution in [-0.2, 0) is 4.79 Å². The summed E-state index contributed by atoms with van der Waals surface area (Å²) in [5.41, 5.74) is 0.478. The third-order valence-electron chi connectivity index (χ3n) is 3.29. The second-order valence-electron chi connectivity index (χ2n) is 4.81. The number of nitrogens with zero attached hydrogens (tertiary/aromatic N) is 1. The van der Waals surface area contributed by atoms with E-state index in [2.05, 4.69) is 15.6 Å². The van der Waals surface area contributed by atoms with Gasteiger partial charge in [0.05, 0.1) is 12.7 Å². The van der Waals surface area contributed by atoms with Crippen molar-refractivity contribution in [3.8, 4) is 5.88 Å². The van der Waals surface area contributed by atoms with Crippen LogP contribution in [0.2, 0.25) is 0 Å². The fraction of sp³-hybridized carbons (Fsp3) is 0.500. The highest BCUT2D eigenvalue weighted by Gasteiger charge is 2.17. The molecular weight excluding hydrogens is 258 g/mol. The quantitative estimate of drug-likeness (QED) is 0.856. The fourth-order valence-electron chi connectivity index (χ4n) is 2.15. The Labute approximate surface area is 117 Å². The summed E-state index contributed by atoms with van der Waals surface area (Å²) in [6.07, 6.45) is 4.86. The van der Waals surface area contributed by atoms with E-state index in [4.69, 9.17) is 4.74 Å². The molecule has 6 nitrogen and oxygen atoms in total. The molecule has 0 aliphatic carbocycles. The number of hydrogen-bond donors (Lipinski definition) is 2. The van der Waals surface area contributed by atoms with E-state index in [1.165, 1.54) is 13.3 Å². The van der Waals surface area contributed by atoms with Crippen molar-refractivity contribution in [1.29, 1.82) is 0 Å². The van der Waals surface area contributed by atoms with Crippen LogP contribution in [0.1, 0.15) is 36.0 Å². The number of methoxy groups -OCH3 is 1. The third-order valence-corrected chi connectivity index (χ3v) is 3.29. The SMILES string of the molecule is COc1ccc(C(=O)NCC2CCCCC(=O)N2)cn1. The highest BCUT2D eigenvalue weighted by atomic mass is 16.5. The van der Waals surface area contributed by atoms with E-state index in [1.54, 1.807) is 12.1 Å². The molecule has 0 spiro atoms. The molecular formula is C14H19N3O3. The van der Waals surface area contributed by atoms with Crippen molar-refractivity contribution in [2.45, 2.75) is 31.7 Å². The zero-order valence-electron chi connectivity index (χ0n) is 11.5. The molecule has 1 aromatic rings. The molecule has 108 valence electrons. The van der Waals surface area contributed by atoms with Gasteiger partial charge in [0, 0.05) is 31.3 Å². The largest absolute Gasteiger partial charge is 0.481 e. The summed E-state index contributed by atoms with van der Waals surface area (Å²) in [6, 6.07) is 3.31. The average molecular weight is 277 g/mol. The summed E-state index contributed by atoms with van der Waals surface area (Å²) in [5, 5.41) is 5.73. The van der Waals surface area contributed by atoms with Crippen LogP contribution in [-0.4, -0.2) is 36.5 Å². The first kappa shape index (κ1) is 14.3. The Morgan fingerprint density at radius 3 is 3.05 bits per heavy atom. The van der Waals surface area contributed by atoms with Gasteiger partial charge in [-0.25, -0.2) is 4.98 Å². The van der Waals surface area contributed by atoms with Crippen molar-refractivity contribution in [3.05, 3.63) is 23.9 Å². The molecule has 1 aromatic heterocycles. The molecule has 1 fully saturated rings. The first-order valence-electron chi connectivity index (χ1n) is 6.76. The number of nitrogens with one attached hydrogen (secondary N) is 2. The maximum Gasteiger partial charge on any atom is 0.252 e. The van der Waals surface area contributed by atoms with Crippen molar-refractivity contribution in [2.75, 3.05) is 13.7 Å². The van der Waals surface area contributed by atoms with Gasteiger partial charge in [0.15, 0.2) is 0 Å². The van der Waals surface area contributed by atoms with Gasteiger partial charge >= 0.3 is 0 Å². The molecule has 0 bridgehead atoms. The molecule has 1 unspecified atom stereocenters. The highest BCUT2D eigenvalue weighted by Crippen LogP contribution is 2.09. The normalized spacial score (nSPS) is 18.9. The van der Waals surface area contributed by atoms with Crippen LogP contribution in [0.15, 0.2) is 18.3 Å². The van der Waals surface area contributed by atoms with Crippen molar-refractivity contribution in [2.24, 2.45) is 0 Å². The highest BCUT2D eigenvalue weighted by molar-refractivity contribution is 5.93. The number of ether oxygens (including phenoxy) is 1. The molecule has 2 amide bonds. The van der Waals surface area contributed by atoms with Crippen LogP contribution in [0.3, 0.4) is 0 Å². The molecule has 1 saturated heterocycles. The van der Waals surface area contributed by atoms with Gasteiger partial charge in [-0.2, -0.15) is 0 Å². The van der Waals surface area contributed by atoms with E-state index >= 15 is 0 Å². The Morgan fingerprint density at radius 1 is 1.50 bits per heavy atom. The van der Waals surface area contributed by atoms with Crippen LogP contribution in [0, 0.1) is 0 Å². The van der Waals surface area contributed by atoms with E-state index < -0.39 is 0 Å². The van der Waals surface area contributed by atoms with Crippen molar-refractivity contribution < 1.29 is 14.3 Å². The Hall–Kier alpha value is -2.11. The van der Waals surface area contributed by atoms with Crippen molar-refractivity contribution in [1.82, 2.24) is 15.6 Å². The topological polar surface area (TPSA) is 80.3 Å². The summed E-state index contributed by atoms with van der Waals surface area (Å²) in [6.45, 7) is 0.441. The lowest BCUT2D eigenvalue weighted by Gasteiger charge is -2.16. The predicted octanol–water partition coefficient (Wildman–Crippen LogP) is 0.879. The molecule has 2 heterocycles. The Morgan fingerprint density at radius 2 is 2.35 bits per heavy atom. The molecule has 0 radical (unpaired) electrons. The van der Waals surface area contributed by atoms with Gasteiger partial charge in [0.1, 0.15) is 0 Å². The monoisotopic (exact) mass is 277 g/mol. The summed E-state index contributed by atoms with van der Waals surface area (Å²) in [7, 11) is 1.52. The zero-order valence-corrected chi connectivity index (χ0v) is 11.5. The molecule has 2 rings (SSSR count). The van der Waals surface area contributed by atoms with Gasteiger partial charge < -0.3 is 15.4 Å². The number of carbonyl (C=O) groups excluding carboxylic acids is 2. The first-order chi connectivity index (χ1) is 9.69. The zero-order chi connectivity index (χ0) is 14.4. The lowest BCUT2D eigenvalue weighted by Crippen LogP contribution is -2.42. The Bertz CT molecular complexity index is 473. The van der Waals surface area contributed by atoms with Gasteiger partial charge in [-0.1, -0.05) is 6.42 Å². The minimum atomic E-state index is -0.196. The first-order valence-corrected chi connectivity index (χ1v) is 6.76. The smallest absolute Gasteiger partial charge is 0.252 e. The van der Waals surface area contributed by atoms with Crippen molar-refractivity contribution >= 4 is 11.8 Å². The number of pyridine rings is 1. The predicted molar refractivity (Wildman–Crippen MR) is 73.5 cm³/mol. The maximum absolute atomic E-state index is 11.9. The fourth-order valence-corrected chi connectivity index (χ4v) is 2.15. The van der Waals surface area contributed by atoms with Gasteiger partial charge in [0.25, 0.3) is 5.91 Å². The molecule has 6 heteroatoms. The molecule has 1 aliphatic rings. The summed E-state index contributed by atoms with van der Waals surface area (Å²) < 4.78 is 4.94. The summed E-state index contributed by atoms with van der Waals surface area (Å²) in [5.74, 6) is 0.337. The van der Waals surface area contributed by atoms with E-state index in [-0.39, 0.29) is 17.9 Å². The minimum Gasteiger partial charge on any atom is -0.481 e. The summed E-state index contributed by atoms with van der Waals surface area (Å²) >= 11 is 0. The van der Waals surface area contributed by atoms with Gasteiger partial charge in [0.2, 0.25) is 11.8 Å². The van der Waals surface area contributed by atoms with Crippen LogP contribution in [0.5, 0.6) is 5.88 Å². The number of amides is 2. The van der Waals surface area contributed by atoms with Crippen LogP contribution >= 0.6 is 0 Å². The molecule has 0 aromatic carbocycles. The number of aromatic nitrogens is 1. The second kappa shape index (κ2) is 6.88. The maximum atomic E-state index is 11.9. The lowest BCUT2D eigenvalue weighted by atomic mass is 10.1. The lowest BCUT2D eigenvalue weighted by molar-refractivity contribution is -0.121. The average Bonchev–Trinajstić information content (AvgIpc) is 2.69. The van der Waals surface area contributed by atoms with E-state index in [1.807, 2.05) is 0 Å². The second-order valence-corrected chi connectivity index (χ2v) is 4.81. The Kier molecular flexibility index (Phi) is 4.92. The van der Waals surface area contributed by atoms with E-state index in [9.17, 15) is 9.59 Å². The molecule has 0 saturated carbocycles. The van der Waals surface area contributed by atoms with Crippen LogP contribution in [0.25, 0.3) is 0 Å². The Balaban J connectivity index is 1.85. The van der Waals surface area contributed by atoms with Gasteiger partial charge in [-0.3, -0.25) is 9.59 Å². The standard InChI is InChI=1S/C14H19N3O3/c1-20-13-7-6-10(8-15-13)14(19)16-9-11-4-2-3-5-12(18)17-11/h6-8,11H,2-5,9H2,1H3,(H,16,19)(H,17,18). The van der Waals surface area contributed by atoms with E-state index in [0.717, 1.165) is 19.3 Å². The van der Waals surface area contributed by atoms with E-state index in [0.29, 0.717) is 24.4 Å². The number of rotatable bonds is 4. The summed E-state index contributed by atoms with van der Waals surface area (Å²) in [4.78, 5) is 27.4. The van der Waals surface area contributed by atoms with Crippen LogP contribution < -0.4 is 15.4 Å². The minimum absolute atomic E-state index is 0.0140. The van der Waals surface area contributed by atoms with Gasteiger partial charge in [-0.05, 0) is 18.9 Å². The van der Waals surface area contributed by atoms with Crippen LogP contribution in [0.4, 0.5) is 0 Å². The third kappa shape index (κ3) is 3.94. The number of carbonyl (C=O) groups is 2. The van der Waals surface area contributed by atoms with Crippen molar-refractivity contribution in [3.63, 3.8) is 0 Å². The van der Waals surface area contributed by atoms with Gasteiger partial charge in [-0.15, -0.1) is 0 Å². The molecule has 1 atom stereocenters. The number of hydrogen-bond acceptors (Lipinski definition) is 4. The molecule has 1 aliphatic heterocycles. The molecule has 2 N–H and O–H groups in total. The molecule has 20 heavy (non-hydrogen) atoms.